The summed E-state index contributed by atoms with van der Waals surface area (Å²) in [5.41, 5.74) is 0.856. The molecule has 0 nitrogen and oxygen atoms in total. The monoisotopic (exact) mass is 220 g/mol. The average molecular weight is 220 g/mol. The minimum Gasteiger partial charge on any atom is -0.0651 e. The zero-order chi connectivity index (χ0) is 11.7. The van der Waals surface area contributed by atoms with E-state index < -0.39 is 0 Å². The fraction of sp³-hybridized carbons (Fsp3) is 1.00. The van der Waals surface area contributed by atoms with Gasteiger partial charge in [-0.05, 0) is 53.3 Å². The molecular weight excluding hydrogens is 192 g/mol. The summed E-state index contributed by atoms with van der Waals surface area (Å²) in [6, 6.07) is 0. The molecule has 1 spiro atoms. The van der Waals surface area contributed by atoms with Crippen LogP contribution in [-0.2, 0) is 0 Å². The van der Waals surface area contributed by atoms with E-state index in [1.807, 2.05) is 0 Å². The Bertz CT molecular complexity index is 294. The minimum atomic E-state index is 0.856. The van der Waals surface area contributed by atoms with E-state index in [1.54, 1.807) is 6.42 Å². The van der Waals surface area contributed by atoms with Crippen LogP contribution in [0.4, 0.5) is 0 Å². The molecule has 16 heavy (non-hydrogen) atoms. The summed E-state index contributed by atoms with van der Waals surface area (Å²) in [7, 11) is 0. The summed E-state index contributed by atoms with van der Waals surface area (Å²) in [5.74, 6) is 7.47. The first-order valence-electron chi connectivity index (χ1n) is 7.59. The maximum atomic E-state index is 2.56. The summed E-state index contributed by atoms with van der Waals surface area (Å²) >= 11 is 0. The number of hydrogen-bond acceptors (Lipinski definition) is 0. The van der Waals surface area contributed by atoms with Crippen molar-refractivity contribution in [2.45, 2.75) is 53.9 Å². The zero-order valence-electron chi connectivity index (χ0n) is 11.7. The van der Waals surface area contributed by atoms with Crippen LogP contribution in [0, 0.1) is 46.8 Å². The van der Waals surface area contributed by atoms with Crippen molar-refractivity contribution in [3.63, 3.8) is 0 Å². The summed E-state index contributed by atoms with van der Waals surface area (Å²) < 4.78 is 0. The minimum absolute atomic E-state index is 0.856. The van der Waals surface area contributed by atoms with Crippen molar-refractivity contribution < 1.29 is 0 Å². The van der Waals surface area contributed by atoms with Crippen LogP contribution in [0.25, 0.3) is 0 Å². The van der Waals surface area contributed by atoms with Crippen molar-refractivity contribution in [2.75, 3.05) is 0 Å². The third-order valence-electron chi connectivity index (χ3n) is 6.93. The standard InChI is InChI=1S/C16H28/c1-6-12-9(3)15(12)10(4)14-8-16(14)11(5)13(16)7-2/h9-15H,6-8H2,1-5H3. The van der Waals surface area contributed by atoms with Crippen molar-refractivity contribution in [3.8, 4) is 0 Å². The second-order valence-corrected chi connectivity index (χ2v) is 7.09. The first-order chi connectivity index (χ1) is 7.59. The van der Waals surface area contributed by atoms with E-state index >= 15 is 0 Å². The van der Waals surface area contributed by atoms with E-state index in [4.69, 9.17) is 0 Å². The predicted molar refractivity (Wildman–Crippen MR) is 69.1 cm³/mol. The van der Waals surface area contributed by atoms with Crippen LogP contribution in [0.3, 0.4) is 0 Å². The van der Waals surface area contributed by atoms with Crippen LogP contribution in [0.15, 0.2) is 0 Å². The summed E-state index contributed by atoms with van der Waals surface area (Å²) in [6.45, 7) is 12.3. The maximum Gasteiger partial charge on any atom is -0.0204 e. The molecule has 3 fully saturated rings. The Labute approximate surface area is 101 Å². The third kappa shape index (κ3) is 1.17. The molecule has 8 atom stereocenters. The van der Waals surface area contributed by atoms with Crippen LogP contribution < -0.4 is 0 Å². The molecule has 0 aromatic carbocycles. The van der Waals surface area contributed by atoms with Crippen LogP contribution in [0.2, 0.25) is 0 Å². The Morgan fingerprint density at radius 2 is 1.88 bits per heavy atom. The predicted octanol–water partition coefficient (Wildman–Crippen LogP) is 4.60. The highest BCUT2D eigenvalue weighted by atomic mass is 14.8. The van der Waals surface area contributed by atoms with Crippen LogP contribution in [0.1, 0.15) is 53.9 Å². The Balaban J connectivity index is 1.62. The van der Waals surface area contributed by atoms with Gasteiger partial charge in [0.1, 0.15) is 0 Å². The van der Waals surface area contributed by atoms with Crippen LogP contribution in [-0.4, -0.2) is 0 Å². The van der Waals surface area contributed by atoms with Crippen molar-refractivity contribution in [1.82, 2.24) is 0 Å². The maximum absolute atomic E-state index is 2.56. The number of rotatable bonds is 4. The van der Waals surface area contributed by atoms with Gasteiger partial charge in [0.25, 0.3) is 0 Å². The SMILES string of the molecule is CCC1C(C)C1C(C)C1CC12C(C)C2CC. The van der Waals surface area contributed by atoms with Crippen molar-refractivity contribution in [2.24, 2.45) is 46.8 Å². The van der Waals surface area contributed by atoms with Gasteiger partial charge in [0.05, 0.1) is 0 Å². The normalized spacial score (nSPS) is 59.8. The molecule has 0 heterocycles. The Morgan fingerprint density at radius 3 is 2.31 bits per heavy atom. The molecular formula is C16H28. The first kappa shape index (κ1) is 11.1. The lowest BCUT2D eigenvalue weighted by molar-refractivity contribution is 0.371. The third-order valence-corrected chi connectivity index (χ3v) is 6.93. The van der Waals surface area contributed by atoms with Crippen molar-refractivity contribution >= 4 is 0 Å². The first-order valence-corrected chi connectivity index (χ1v) is 7.59. The lowest BCUT2D eigenvalue weighted by Crippen LogP contribution is -2.05. The van der Waals surface area contributed by atoms with Gasteiger partial charge in [-0.25, -0.2) is 0 Å². The van der Waals surface area contributed by atoms with E-state index in [1.165, 1.54) is 12.8 Å². The number of hydrogen-bond donors (Lipinski definition) is 0. The molecule has 0 aromatic heterocycles. The highest BCUT2D eigenvalue weighted by Crippen LogP contribution is 2.82. The van der Waals surface area contributed by atoms with Gasteiger partial charge in [-0.2, -0.15) is 0 Å². The molecule has 0 aromatic rings. The molecule has 3 rings (SSSR count). The average Bonchev–Trinajstić information content (AvgIpc) is 3.17. The molecule has 8 unspecified atom stereocenters. The van der Waals surface area contributed by atoms with Gasteiger partial charge in [0.2, 0.25) is 0 Å². The van der Waals surface area contributed by atoms with Gasteiger partial charge < -0.3 is 0 Å². The van der Waals surface area contributed by atoms with E-state index in [9.17, 15) is 0 Å². The largest absolute Gasteiger partial charge is 0.0651 e. The molecule has 0 heteroatoms. The molecule has 0 aliphatic heterocycles. The lowest BCUT2D eigenvalue weighted by Gasteiger charge is -2.11. The molecule has 3 aliphatic carbocycles. The fourth-order valence-electron chi connectivity index (χ4n) is 5.80. The van der Waals surface area contributed by atoms with E-state index in [0.29, 0.717) is 0 Å². The Hall–Kier alpha value is 0. The molecule has 0 bridgehead atoms. The van der Waals surface area contributed by atoms with E-state index in [0.717, 1.165) is 46.8 Å². The zero-order valence-corrected chi connectivity index (χ0v) is 11.7. The van der Waals surface area contributed by atoms with Gasteiger partial charge in [-0.1, -0.05) is 47.5 Å². The van der Waals surface area contributed by atoms with E-state index in [2.05, 4.69) is 34.6 Å². The fourth-order valence-corrected chi connectivity index (χ4v) is 5.80. The highest BCUT2D eigenvalue weighted by Gasteiger charge is 2.76. The Kier molecular flexibility index (Phi) is 2.27. The second-order valence-electron chi connectivity index (χ2n) is 7.09. The summed E-state index contributed by atoms with van der Waals surface area (Å²) in [4.78, 5) is 0. The molecule has 0 N–H and O–H groups in total. The van der Waals surface area contributed by atoms with Gasteiger partial charge in [-0.15, -0.1) is 0 Å². The molecule has 0 amide bonds. The molecule has 92 valence electrons. The van der Waals surface area contributed by atoms with Crippen LogP contribution >= 0.6 is 0 Å². The molecule has 0 radical (unpaired) electrons. The summed E-state index contributed by atoms with van der Waals surface area (Å²) in [5, 5.41) is 0. The molecule has 0 saturated heterocycles. The molecule has 3 aliphatic rings. The van der Waals surface area contributed by atoms with Crippen molar-refractivity contribution in [3.05, 3.63) is 0 Å². The van der Waals surface area contributed by atoms with Gasteiger partial charge in [-0.3, -0.25) is 0 Å². The van der Waals surface area contributed by atoms with E-state index in [-0.39, 0.29) is 0 Å². The topological polar surface area (TPSA) is 0 Å². The second kappa shape index (κ2) is 3.27. The lowest BCUT2D eigenvalue weighted by atomic mass is 9.94. The molecule has 3 saturated carbocycles. The quantitative estimate of drug-likeness (QED) is 0.649. The summed E-state index contributed by atoms with van der Waals surface area (Å²) in [6.07, 6.45) is 4.43. The highest BCUT2D eigenvalue weighted by molar-refractivity contribution is 5.24. The smallest absolute Gasteiger partial charge is 0.0204 e. The van der Waals surface area contributed by atoms with Gasteiger partial charge in [0, 0.05) is 0 Å². The van der Waals surface area contributed by atoms with Crippen molar-refractivity contribution in [1.29, 1.82) is 0 Å². The Morgan fingerprint density at radius 1 is 1.19 bits per heavy atom. The van der Waals surface area contributed by atoms with Gasteiger partial charge in [0.15, 0.2) is 0 Å². The van der Waals surface area contributed by atoms with Crippen LogP contribution in [0.5, 0.6) is 0 Å². The van der Waals surface area contributed by atoms with Gasteiger partial charge >= 0.3 is 0 Å².